The molecule has 3 heterocycles. The van der Waals surface area contributed by atoms with Crippen molar-refractivity contribution in [3.05, 3.63) is 95.1 Å². The second-order valence-electron chi connectivity index (χ2n) is 9.20. The van der Waals surface area contributed by atoms with Crippen LogP contribution in [-0.4, -0.2) is 54.2 Å². The number of nitrogens with zero attached hydrogens (tertiary/aromatic N) is 4. The molecule has 1 N–H and O–H groups in total. The number of hydrogen-bond acceptors (Lipinski definition) is 8. The number of rotatable bonds is 5. The molecule has 0 radical (unpaired) electrons. The molecular formula is C29H27N5O3. The first-order chi connectivity index (χ1) is 18.2. The van der Waals surface area contributed by atoms with Crippen LogP contribution in [0.5, 0.6) is 0 Å². The van der Waals surface area contributed by atoms with Crippen molar-refractivity contribution >= 4 is 23.2 Å². The maximum Gasteiger partial charge on any atom is 0.317 e. The molecule has 6 rings (SSSR count). The van der Waals surface area contributed by atoms with Gasteiger partial charge in [-0.2, -0.15) is 0 Å². The average molecular weight is 494 g/mol. The first-order valence-electron chi connectivity index (χ1n) is 12.4. The Kier molecular flexibility index (Phi) is 6.24. The average Bonchev–Trinajstić information content (AvgIpc) is 3.35. The molecule has 8 heteroatoms. The lowest BCUT2D eigenvalue weighted by atomic mass is 9.96. The zero-order valence-electron chi connectivity index (χ0n) is 20.6. The van der Waals surface area contributed by atoms with Crippen molar-refractivity contribution in [3.63, 3.8) is 0 Å². The summed E-state index contributed by atoms with van der Waals surface area (Å²) in [6.07, 6.45) is -0.586. The number of nitrogens with one attached hydrogen (secondary N) is 1. The van der Waals surface area contributed by atoms with Gasteiger partial charge in [0.05, 0.1) is 18.9 Å². The van der Waals surface area contributed by atoms with Gasteiger partial charge < -0.3 is 19.4 Å². The van der Waals surface area contributed by atoms with E-state index in [0.717, 1.165) is 65.5 Å². The van der Waals surface area contributed by atoms with E-state index in [-0.39, 0.29) is 18.2 Å². The van der Waals surface area contributed by atoms with Gasteiger partial charge in [0.2, 0.25) is 5.89 Å². The summed E-state index contributed by atoms with van der Waals surface area (Å²) in [7, 11) is 0. The lowest BCUT2D eigenvalue weighted by molar-refractivity contribution is -0.119. The number of aliphatic imine (C=N–C) groups is 1. The molecular weight excluding hydrogens is 466 g/mol. The summed E-state index contributed by atoms with van der Waals surface area (Å²) in [5.74, 6) is 0.328. The molecule has 1 fully saturated rings. The highest BCUT2D eigenvalue weighted by Gasteiger charge is 2.27. The van der Waals surface area contributed by atoms with Crippen molar-refractivity contribution in [2.24, 2.45) is 4.99 Å². The number of aromatic nitrogens is 2. The Bertz CT molecular complexity index is 1460. The molecule has 1 aromatic heterocycles. The number of ketones is 1. The van der Waals surface area contributed by atoms with Crippen LogP contribution in [0, 0.1) is 6.92 Å². The Morgan fingerprint density at radius 3 is 2.51 bits per heavy atom. The number of fused-ring (bicyclic) bond motifs is 1. The van der Waals surface area contributed by atoms with Crippen molar-refractivity contribution in [2.75, 3.05) is 36.5 Å². The Morgan fingerprint density at radius 1 is 0.919 bits per heavy atom. The van der Waals surface area contributed by atoms with E-state index in [1.165, 1.54) is 0 Å². The minimum absolute atomic E-state index is 0.0656. The van der Waals surface area contributed by atoms with Crippen molar-refractivity contribution < 1.29 is 13.9 Å². The number of morpholine rings is 1. The van der Waals surface area contributed by atoms with Crippen LogP contribution in [0.1, 0.15) is 22.3 Å². The zero-order chi connectivity index (χ0) is 25.2. The van der Waals surface area contributed by atoms with Crippen LogP contribution in [0.25, 0.3) is 11.5 Å². The summed E-state index contributed by atoms with van der Waals surface area (Å²) >= 11 is 0. The van der Waals surface area contributed by atoms with Gasteiger partial charge in [0.25, 0.3) is 0 Å². The Balaban J connectivity index is 1.27. The summed E-state index contributed by atoms with van der Waals surface area (Å²) in [6.45, 7) is 5.24. The molecule has 2 aliphatic rings. The predicted molar refractivity (Wildman–Crippen MR) is 142 cm³/mol. The molecule has 0 aliphatic carbocycles. The van der Waals surface area contributed by atoms with E-state index in [4.69, 9.17) is 14.1 Å². The van der Waals surface area contributed by atoms with Gasteiger partial charge in [-0.1, -0.05) is 59.7 Å². The third kappa shape index (κ3) is 4.75. The van der Waals surface area contributed by atoms with E-state index in [2.05, 4.69) is 32.5 Å². The van der Waals surface area contributed by atoms with Crippen molar-refractivity contribution in [3.8, 4) is 11.5 Å². The topological polar surface area (TPSA) is 92.9 Å². The van der Waals surface area contributed by atoms with Gasteiger partial charge in [0, 0.05) is 41.9 Å². The van der Waals surface area contributed by atoms with Gasteiger partial charge in [0.1, 0.15) is 0 Å². The summed E-state index contributed by atoms with van der Waals surface area (Å²) in [5, 5.41) is 11.5. The Labute approximate surface area is 215 Å². The van der Waals surface area contributed by atoms with E-state index >= 15 is 0 Å². The van der Waals surface area contributed by atoms with Gasteiger partial charge in [-0.3, -0.25) is 9.79 Å². The highest BCUT2D eigenvalue weighted by atomic mass is 16.5. The smallest absolute Gasteiger partial charge is 0.317 e. The summed E-state index contributed by atoms with van der Waals surface area (Å²) < 4.78 is 11.4. The molecule has 37 heavy (non-hydrogen) atoms. The monoisotopic (exact) mass is 493 g/mol. The quantitative estimate of drug-likeness (QED) is 0.444. The van der Waals surface area contributed by atoms with Gasteiger partial charge in [0.15, 0.2) is 11.9 Å². The van der Waals surface area contributed by atoms with Crippen molar-refractivity contribution in [1.82, 2.24) is 10.2 Å². The van der Waals surface area contributed by atoms with Crippen LogP contribution in [0.2, 0.25) is 0 Å². The third-order valence-corrected chi connectivity index (χ3v) is 6.75. The van der Waals surface area contributed by atoms with E-state index in [0.29, 0.717) is 5.89 Å². The van der Waals surface area contributed by atoms with Crippen LogP contribution in [0.3, 0.4) is 0 Å². The molecule has 1 unspecified atom stereocenters. The van der Waals surface area contributed by atoms with Gasteiger partial charge in [-0.05, 0) is 36.2 Å². The Hall–Kier alpha value is -4.30. The molecule has 1 saturated heterocycles. The van der Waals surface area contributed by atoms with E-state index in [1.807, 2.05) is 67.6 Å². The number of ether oxygens (including phenoxy) is 1. The second kappa shape index (κ2) is 9.99. The lowest BCUT2D eigenvalue weighted by Gasteiger charge is -2.29. The van der Waals surface area contributed by atoms with E-state index in [1.54, 1.807) is 0 Å². The van der Waals surface area contributed by atoms with Crippen LogP contribution in [-0.2, 0) is 16.0 Å². The number of aryl methyl sites for hydroxylation is 1. The fourth-order valence-electron chi connectivity index (χ4n) is 4.81. The molecule has 8 nitrogen and oxygen atoms in total. The molecule has 4 aromatic rings. The number of carbonyl (C=O) groups is 1. The van der Waals surface area contributed by atoms with E-state index < -0.39 is 6.17 Å². The minimum atomic E-state index is -0.847. The normalized spacial score (nSPS) is 17.6. The molecule has 1 atom stereocenters. The molecule has 3 aromatic carbocycles. The molecule has 0 bridgehead atoms. The number of carbonyl (C=O) groups excluding carboxylic acids is 1. The number of Topliss-reactive ketones (excluding diaryl/α,β-unsaturated/α-hetero) is 1. The van der Waals surface area contributed by atoms with Crippen LogP contribution >= 0.6 is 0 Å². The predicted octanol–water partition coefficient (Wildman–Crippen LogP) is 4.28. The highest BCUT2D eigenvalue weighted by molar-refractivity contribution is 6.16. The molecule has 0 spiro atoms. The largest absolute Gasteiger partial charge is 0.403 e. The number of anilines is 2. The molecule has 0 amide bonds. The Morgan fingerprint density at radius 2 is 1.70 bits per heavy atom. The summed E-state index contributed by atoms with van der Waals surface area (Å²) in [6, 6.07) is 24.1. The standard InChI is InChI=1S/C29H27N5O3/c1-19-17-22(34-13-15-36-16-14-34)11-12-23(19)28-32-33-29(37-28)31-27-25(35)18-21-9-5-6-10-24(21)26(30-27)20-7-3-2-4-8-20/h2-12,17,27H,13-16,18H2,1H3,(H,31,33). The van der Waals surface area contributed by atoms with E-state index in [9.17, 15) is 4.79 Å². The maximum atomic E-state index is 13.2. The first-order valence-corrected chi connectivity index (χ1v) is 12.4. The van der Waals surface area contributed by atoms with Crippen LogP contribution < -0.4 is 10.2 Å². The maximum absolute atomic E-state index is 13.2. The van der Waals surface area contributed by atoms with Crippen molar-refractivity contribution in [1.29, 1.82) is 0 Å². The number of benzene rings is 3. The van der Waals surface area contributed by atoms with Crippen LogP contribution in [0.4, 0.5) is 11.7 Å². The summed E-state index contributed by atoms with van der Waals surface area (Å²) in [4.78, 5) is 20.3. The number of hydrogen-bond donors (Lipinski definition) is 1. The second-order valence-corrected chi connectivity index (χ2v) is 9.20. The van der Waals surface area contributed by atoms with Crippen molar-refractivity contribution in [2.45, 2.75) is 19.5 Å². The zero-order valence-corrected chi connectivity index (χ0v) is 20.6. The van der Waals surface area contributed by atoms with Gasteiger partial charge >= 0.3 is 6.01 Å². The fraction of sp³-hybridized carbons (Fsp3) is 0.241. The fourth-order valence-corrected chi connectivity index (χ4v) is 4.81. The minimum Gasteiger partial charge on any atom is -0.403 e. The third-order valence-electron chi connectivity index (χ3n) is 6.75. The van der Waals surface area contributed by atoms with Gasteiger partial charge in [-0.15, -0.1) is 5.10 Å². The van der Waals surface area contributed by atoms with Crippen LogP contribution in [0.15, 0.2) is 82.2 Å². The molecule has 2 aliphatic heterocycles. The first kappa shape index (κ1) is 23.1. The summed E-state index contributed by atoms with van der Waals surface area (Å²) in [5.41, 5.74) is 6.63. The van der Waals surface area contributed by atoms with Gasteiger partial charge in [-0.25, -0.2) is 0 Å². The molecule has 0 saturated carbocycles. The lowest BCUT2D eigenvalue weighted by Crippen LogP contribution is -2.36. The highest BCUT2D eigenvalue weighted by Crippen LogP contribution is 2.29. The molecule has 186 valence electrons. The SMILES string of the molecule is Cc1cc(N2CCOCC2)ccc1-c1nnc(NC2N=C(c3ccccc3)c3ccccc3CC2=O)o1.